The summed E-state index contributed by atoms with van der Waals surface area (Å²) in [6, 6.07) is 7.58. The van der Waals surface area contributed by atoms with E-state index in [9.17, 15) is 44.3 Å². The molecule has 4 rings (SSSR count). The number of pyridine rings is 1. The second kappa shape index (κ2) is 13.5. The number of rotatable bonds is 6. The highest BCUT2D eigenvalue weighted by Gasteiger charge is 2.35. The topological polar surface area (TPSA) is 132 Å². The molecule has 2 aromatic carbocycles. The number of benzene rings is 2. The number of ether oxygens (including phenoxy) is 1. The van der Waals surface area contributed by atoms with Crippen molar-refractivity contribution in [3.8, 4) is 22.6 Å². The fraction of sp³-hybridized carbons (Fsp3) is 0.138. The molecule has 2 heterocycles. The number of carbonyl (C=O) groups excluding carboxylic acids is 1. The lowest BCUT2D eigenvalue weighted by Gasteiger charge is -2.15. The van der Waals surface area contributed by atoms with Crippen molar-refractivity contribution in [2.24, 2.45) is 9.98 Å². The molecule has 0 bridgehead atoms. The molecule has 10 nitrogen and oxygen atoms in total. The van der Waals surface area contributed by atoms with Crippen molar-refractivity contribution in [1.82, 2.24) is 20.1 Å². The van der Waals surface area contributed by atoms with Gasteiger partial charge in [0.2, 0.25) is 0 Å². The van der Waals surface area contributed by atoms with E-state index in [0.29, 0.717) is 34.6 Å². The molecule has 48 heavy (non-hydrogen) atoms. The predicted octanol–water partition coefficient (Wildman–Crippen LogP) is 7.69. The van der Waals surface area contributed by atoms with Gasteiger partial charge in [-0.2, -0.15) is 44.6 Å². The van der Waals surface area contributed by atoms with Crippen molar-refractivity contribution < 1.29 is 49.0 Å². The van der Waals surface area contributed by atoms with Crippen LogP contribution in [0.3, 0.4) is 0 Å². The van der Waals surface area contributed by atoms with Gasteiger partial charge in [-0.1, -0.05) is 12.1 Å². The number of aliphatic imine (C=N–C) groups is 2. The van der Waals surface area contributed by atoms with Crippen LogP contribution in [0.1, 0.15) is 23.7 Å². The van der Waals surface area contributed by atoms with E-state index >= 15 is 0 Å². The van der Waals surface area contributed by atoms with E-state index in [-0.39, 0.29) is 34.5 Å². The normalized spacial score (nSPS) is 12.9. The molecule has 0 unspecified atom stereocenters. The quantitative estimate of drug-likeness (QED) is 0.109. The number of amidine groups is 1. The fourth-order valence-electron chi connectivity index (χ4n) is 3.91. The summed E-state index contributed by atoms with van der Waals surface area (Å²) in [4.78, 5) is 23.7. The van der Waals surface area contributed by atoms with Crippen LogP contribution < -0.4 is 21.1 Å². The first-order chi connectivity index (χ1) is 22.3. The lowest BCUT2D eigenvalue weighted by molar-refractivity contribution is -0.141. The lowest BCUT2D eigenvalue weighted by atomic mass is 10.0. The van der Waals surface area contributed by atoms with Crippen LogP contribution in [0.15, 0.2) is 88.9 Å². The fourth-order valence-corrected chi connectivity index (χ4v) is 3.91. The number of nitrogens with two attached hydrogens (primary N) is 1. The highest BCUT2D eigenvalue weighted by molar-refractivity contribution is 5.92. The summed E-state index contributed by atoms with van der Waals surface area (Å²) in [6.07, 6.45) is -11.8. The van der Waals surface area contributed by atoms with Crippen LogP contribution in [-0.2, 0) is 18.5 Å². The number of amides is 2. The number of hydrogen-bond donors (Lipinski definition) is 3. The smallest absolute Gasteiger partial charge is 0.424 e. The first-order valence-corrected chi connectivity index (χ1v) is 13.1. The Kier molecular flexibility index (Phi) is 9.81. The molecule has 0 saturated carbocycles. The Morgan fingerprint density at radius 1 is 0.938 bits per heavy atom. The van der Waals surface area contributed by atoms with Crippen LogP contribution in [0.4, 0.5) is 55.8 Å². The van der Waals surface area contributed by atoms with Gasteiger partial charge in [-0.05, 0) is 61.7 Å². The van der Waals surface area contributed by atoms with Crippen LogP contribution in [0.5, 0.6) is 5.75 Å². The van der Waals surface area contributed by atoms with Crippen LogP contribution in [0.25, 0.3) is 16.8 Å². The SMILES string of the molecule is C=N/C(=N\C=C(/C)NC(=O)Nc1cc(C(F)(F)F)ccc1-n1ccc(C(F)(F)F)n1)Oc1ccc(-c2cc(C(F)(F)F)cnc2N)cc1. The summed E-state index contributed by atoms with van der Waals surface area (Å²) >= 11 is 0. The van der Waals surface area contributed by atoms with Crippen LogP contribution >= 0.6 is 0 Å². The van der Waals surface area contributed by atoms with E-state index in [4.69, 9.17) is 10.5 Å². The Hall–Kier alpha value is -5.88. The molecule has 0 radical (unpaired) electrons. The third-order valence-corrected chi connectivity index (χ3v) is 6.13. The summed E-state index contributed by atoms with van der Waals surface area (Å²) in [7, 11) is 0. The molecule has 0 atom stereocenters. The van der Waals surface area contributed by atoms with Crippen molar-refractivity contribution in [3.63, 3.8) is 0 Å². The number of aromatic nitrogens is 3. The second-order valence-electron chi connectivity index (χ2n) is 9.62. The standard InChI is InChI=1S/C29H21F9N8O2/c1-15(13-42-26(40-2)48-19-6-3-16(4-7-19)20-11-18(28(33,34)35)14-41-24(20)39)43-25(47)44-21-12-17(27(30,31)32)5-8-22(21)46-10-9-23(45-46)29(36,37)38/h3-14H,2H2,1H3,(H2,39,41)(H2,43,44,47)/b15-13+,42-26+. The van der Waals surface area contributed by atoms with Gasteiger partial charge in [0.25, 0.3) is 0 Å². The van der Waals surface area contributed by atoms with Crippen molar-refractivity contribution in [2.45, 2.75) is 25.5 Å². The number of allylic oxidation sites excluding steroid dienone is 1. The van der Waals surface area contributed by atoms with Crippen molar-refractivity contribution in [3.05, 3.63) is 95.7 Å². The Bertz CT molecular complexity index is 1880. The molecule has 19 heteroatoms. The van der Waals surface area contributed by atoms with E-state index in [1.54, 1.807) is 0 Å². The van der Waals surface area contributed by atoms with Gasteiger partial charge in [-0.15, -0.1) is 0 Å². The first-order valence-electron chi connectivity index (χ1n) is 13.1. The van der Waals surface area contributed by atoms with Gasteiger partial charge in [0.1, 0.15) is 11.6 Å². The lowest BCUT2D eigenvalue weighted by Crippen LogP contribution is -2.28. The number of alkyl halides is 9. The third kappa shape index (κ3) is 8.68. The van der Waals surface area contributed by atoms with Crippen molar-refractivity contribution in [1.29, 1.82) is 0 Å². The number of urea groups is 1. The molecule has 2 amide bonds. The molecule has 0 aliphatic carbocycles. The van der Waals surface area contributed by atoms with E-state index in [2.05, 4.69) is 37.4 Å². The monoisotopic (exact) mass is 684 g/mol. The third-order valence-electron chi connectivity index (χ3n) is 6.13. The molecular formula is C29H21F9N8O2. The van der Waals surface area contributed by atoms with Crippen LogP contribution in [-0.4, -0.2) is 33.5 Å². The van der Waals surface area contributed by atoms with Gasteiger partial charge in [0.15, 0.2) is 5.69 Å². The molecule has 0 aliphatic rings. The number of carbonyl (C=O) groups is 1. The van der Waals surface area contributed by atoms with E-state index in [1.807, 2.05) is 0 Å². The Balaban J connectivity index is 1.48. The zero-order chi connectivity index (χ0) is 35.4. The molecule has 4 N–H and O–H groups in total. The van der Waals surface area contributed by atoms with Crippen LogP contribution in [0.2, 0.25) is 0 Å². The number of hydrogen-bond acceptors (Lipinski definition) is 6. The summed E-state index contributed by atoms with van der Waals surface area (Å²) in [5, 5.41) is 7.76. The summed E-state index contributed by atoms with van der Waals surface area (Å²) in [5.41, 5.74) is 1.78. The molecule has 0 saturated heterocycles. The average molecular weight is 685 g/mol. The minimum Gasteiger partial charge on any atom is -0.424 e. The molecule has 2 aromatic heterocycles. The van der Waals surface area contributed by atoms with Crippen LogP contribution in [0, 0.1) is 0 Å². The molecule has 0 fully saturated rings. The largest absolute Gasteiger partial charge is 0.435 e. The van der Waals surface area contributed by atoms with Crippen molar-refractivity contribution >= 4 is 30.3 Å². The molecule has 252 valence electrons. The highest BCUT2D eigenvalue weighted by Crippen LogP contribution is 2.36. The van der Waals surface area contributed by atoms with E-state index in [0.717, 1.165) is 24.5 Å². The van der Waals surface area contributed by atoms with Gasteiger partial charge in [-0.25, -0.2) is 24.4 Å². The molecule has 4 aromatic rings. The van der Waals surface area contributed by atoms with E-state index in [1.165, 1.54) is 31.2 Å². The maximum Gasteiger partial charge on any atom is 0.435 e. The summed E-state index contributed by atoms with van der Waals surface area (Å²) in [6.45, 7) is 4.64. The molecule has 0 spiro atoms. The Morgan fingerprint density at radius 2 is 1.60 bits per heavy atom. The van der Waals surface area contributed by atoms with Gasteiger partial charge in [-0.3, -0.25) is 0 Å². The van der Waals surface area contributed by atoms with Crippen molar-refractivity contribution in [2.75, 3.05) is 11.1 Å². The number of nitrogen functional groups attached to an aromatic ring is 1. The summed E-state index contributed by atoms with van der Waals surface area (Å²) < 4.78 is 125. The van der Waals surface area contributed by atoms with Gasteiger partial charge in [0.05, 0.1) is 28.7 Å². The maximum absolute atomic E-state index is 13.3. The number of nitrogens with one attached hydrogen (secondary N) is 2. The van der Waals surface area contributed by atoms with Gasteiger partial charge >= 0.3 is 30.6 Å². The van der Waals surface area contributed by atoms with Gasteiger partial charge in [0, 0.05) is 23.7 Å². The summed E-state index contributed by atoms with van der Waals surface area (Å²) in [5.74, 6) is -0.00498. The Morgan fingerprint density at radius 3 is 2.19 bits per heavy atom. The maximum atomic E-state index is 13.3. The van der Waals surface area contributed by atoms with E-state index < -0.39 is 47.1 Å². The highest BCUT2D eigenvalue weighted by atomic mass is 19.4. The first kappa shape index (κ1) is 35.0. The predicted molar refractivity (Wildman–Crippen MR) is 156 cm³/mol. The number of halogens is 9. The second-order valence-corrected chi connectivity index (χ2v) is 9.62. The zero-order valence-electron chi connectivity index (χ0n) is 24.2. The van der Waals surface area contributed by atoms with Gasteiger partial charge < -0.3 is 21.1 Å². The molecular weight excluding hydrogens is 663 g/mol. The number of nitrogens with zero attached hydrogens (tertiary/aromatic N) is 5. The average Bonchev–Trinajstić information content (AvgIpc) is 3.50. The molecule has 0 aliphatic heterocycles. The Labute approximate surface area is 264 Å². The minimum absolute atomic E-state index is 0.00657. The number of anilines is 2. The zero-order valence-corrected chi connectivity index (χ0v) is 24.2. The minimum atomic E-state index is -4.84.